The van der Waals surface area contributed by atoms with E-state index in [0.717, 1.165) is 44.5 Å². The first kappa shape index (κ1) is 18.8. The third-order valence-electron chi connectivity index (χ3n) is 6.71. The number of rotatable bonds is 4. The zero-order valence-corrected chi connectivity index (χ0v) is 16.5. The molecule has 1 amide bonds. The van der Waals surface area contributed by atoms with Crippen LogP contribution in [0.5, 0.6) is 0 Å². The van der Waals surface area contributed by atoms with Gasteiger partial charge in [-0.25, -0.2) is 0 Å². The second kappa shape index (κ2) is 7.80. The van der Waals surface area contributed by atoms with Crippen molar-refractivity contribution in [2.75, 3.05) is 31.5 Å². The number of amides is 1. The summed E-state index contributed by atoms with van der Waals surface area (Å²) in [6.45, 7) is 5.32. The monoisotopic (exact) mass is 371 g/mol. The van der Waals surface area contributed by atoms with Crippen LogP contribution in [-0.4, -0.2) is 64.7 Å². The van der Waals surface area contributed by atoms with Crippen LogP contribution in [0.2, 0.25) is 0 Å². The van der Waals surface area contributed by atoms with Crippen molar-refractivity contribution < 1.29 is 9.90 Å². The summed E-state index contributed by atoms with van der Waals surface area (Å²) in [6, 6.07) is 8.44. The topological polar surface area (TPSA) is 55.8 Å². The van der Waals surface area contributed by atoms with Gasteiger partial charge in [-0.15, -0.1) is 0 Å². The molecule has 2 N–H and O–H groups in total. The first-order valence-electron chi connectivity index (χ1n) is 10.6. The fraction of sp³-hybridized carbons (Fsp3) is 0.682. The number of aryl methyl sites for hydroxylation is 1. The Kier molecular flexibility index (Phi) is 5.42. The van der Waals surface area contributed by atoms with E-state index in [1.165, 1.54) is 24.8 Å². The maximum Gasteiger partial charge on any atom is 0.248 e. The summed E-state index contributed by atoms with van der Waals surface area (Å²) < 4.78 is 0. The molecule has 1 aliphatic carbocycles. The van der Waals surface area contributed by atoms with E-state index in [1.54, 1.807) is 0 Å². The van der Waals surface area contributed by atoms with Crippen LogP contribution in [0.25, 0.3) is 0 Å². The highest BCUT2D eigenvalue weighted by atomic mass is 16.3. The van der Waals surface area contributed by atoms with Crippen molar-refractivity contribution in [1.82, 2.24) is 9.80 Å². The van der Waals surface area contributed by atoms with Gasteiger partial charge in [0.05, 0.1) is 12.1 Å². The molecule has 1 aromatic rings. The quantitative estimate of drug-likeness (QED) is 0.855. The number of hydrogen-bond donors (Lipinski definition) is 2. The highest BCUT2D eigenvalue weighted by Gasteiger charge is 2.46. The van der Waals surface area contributed by atoms with E-state index in [0.29, 0.717) is 13.1 Å². The smallest absolute Gasteiger partial charge is 0.248 e. The molecule has 4 rings (SSSR count). The maximum absolute atomic E-state index is 13.6. The average molecular weight is 372 g/mol. The van der Waals surface area contributed by atoms with Crippen LogP contribution in [0.1, 0.15) is 50.5 Å². The predicted octanol–water partition coefficient (Wildman–Crippen LogP) is 2.78. The number of aliphatic hydroxyl groups excluding tert-OH is 1. The van der Waals surface area contributed by atoms with E-state index < -0.39 is 11.6 Å². The molecule has 2 heterocycles. The van der Waals surface area contributed by atoms with Crippen LogP contribution in [0.15, 0.2) is 24.3 Å². The fourth-order valence-electron chi connectivity index (χ4n) is 5.13. The van der Waals surface area contributed by atoms with Crippen molar-refractivity contribution in [3.8, 4) is 0 Å². The van der Waals surface area contributed by atoms with Gasteiger partial charge in [0.2, 0.25) is 5.91 Å². The lowest BCUT2D eigenvalue weighted by Crippen LogP contribution is -2.55. The molecule has 1 aromatic carbocycles. The maximum atomic E-state index is 13.6. The van der Waals surface area contributed by atoms with Crippen molar-refractivity contribution in [3.63, 3.8) is 0 Å². The average Bonchev–Trinajstić information content (AvgIpc) is 3.33. The molecule has 2 atom stereocenters. The molecule has 3 fully saturated rings. The van der Waals surface area contributed by atoms with Gasteiger partial charge in [0, 0.05) is 18.8 Å². The summed E-state index contributed by atoms with van der Waals surface area (Å²) in [7, 11) is 0. The Morgan fingerprint density at radius 3 is 2.37 bits per heavy atom. The molecular formula is C22H33N3O2. The lowest BCUT2D eigenvalue weighted by molar-refractivity contribution is -0.136. The van der Waals surface area contributed by atoms with Gasteiger partial charge in [0.15, 0.2) is 0 Å². The standard InChI is InChI=1S/C22H33N3O2/c1-17-7-9-18(10-8-17)23-22(11-3-2-4-12-22)21(27)25-15-19(20(26)16-25)24-13-5-6-14-24/h7-10,19-20,23,26H,2-6,11-16H2,1H3/t19-,20-/m0/s1. The highest BCUT2D eigenvalue weighted by Crippen LogP contribution is 2.35. The molecule has 5 nitrogen and oxygen atoms in total. The summed E-state index contributed by atoms with van der Waals surface area (Å²) in [5.74, 6) is 0.184. The van der Waals surface area contributed by atoms with Crippen LogP contribution in [0.3, 0.4) is 0 Å². The zero-order chi connectivity index (χ0) is 18.9. The second-order valence-corrected chi connectivity index (χ2v) is 8.72. The van der Waals surface area contributed by atoms with E-state index in [9.17, 15) is 9.90 Å². The Hall–Kier alpha value is -1.59. The molecule has 5 heteroatoms. The Labute approximate surface area is 162 Å². The molecule has 0 bridgehead atoms. The molecular weight excluding hydrogens is 338 g/mol. The van der Waals surface area contributed by atoms with Gasteiger partial charge in [-0.2, -0.15) is 0 Å². The lowest BCUT2D eigenvalue weighted by atomic mass is 9.80. The number of β-amino-alcohol motifs (C(OH)–C–C–N with tert-alkyl or cyclic N) is 1. The minimum atomic E-state index is -0.521. The Morgan fingerprint density at radius 2 is 1.70 bits per heavy atom. The van der Waals surface area contributed by atoms with Gasteiger partial charge in [0.25, 0.3) is 0 Å². The van der Waals surface area contributed by atoms with Crippen molar-refractivity contribution in [2.24, 2.45) is 0 Å². The van der Waals surface area contributed by atoms with Crippen LogP contribution in [0.4, 0.5) is 5.69 Å². The SMILES string of the molecule is Cc1ccc(NC2(C(=O)N3C[C@H](O)[C@@H](N4CCCC4)C3)CCCCC2)cc1. The molecule has 0 unspecified atom stereocenters. The number of likely N-dealkylation sites (tertiary alicyclic amines) is 2. The Morgan fingerprint density at radius 1 is 1.04 bits per heavy atom. The summed E-state index contributed by atoms with van der Waals surface area (Å²) in [5, 5.41) is 14.2. The van der Waals surface area contributed by atoms with Gasteiger partial charge in [0.1, 0.15) is 5.54 Å². The Bertz CT molecular complexity index is 648. The molecule has 148 valence electrons. The number of carbonyl (C=O) groups excluding carboxylic acids is 1. The Balaban J connectivity index is 1.51. The molecule has 27 heavy (non-hydrogen) atoms. The van der Waals surface area contributed by atoms with Crippen LogP contribution >= 0.6 is 0 Å². The number of benzene rings is 1. The number of aliphatic hydroxyl groups is 1. The van der Waals surface area contributed by atoms with Gasteiger partial charge in [-0.3, -0.25) is 9.69 Å². The van der Waals surface area contributed by atoms with E-state index >= 15 is 0 Å². The van der Waals surface area contributed by atoms with Crippen LogP contribution < -0.4 is 5.32 Å². The number of nitrogens with zero attached hydrogens (tertiary/aromatic N) is 2. The molecule has 1 saturated carbocycles. The van der Waals surface area contributed by atoms with E-state index in [4.69, 9.17) is 0 Å². The van der Waals surface area contributed by atoms with Gasteiger partial charge < -0.3 is 15.3 Å². The van der Waals surface area contributed by atoms with Crippen molar-refractivity contribution in [1.29, 1.82) is 0 Å². The zero-order valence-electron chi connectivity index (χ0n) is 16.5. The fourth-order valence-corrected chi connectivity index (χ4v) is 5.13. The minimum Gasteiger partial charge on any atom is -0.390 e. The van der Waals surface area contributed by atoms with Crippen molar-refractivity contribution in [2.45, 2.75) is 69.6 Å². The van der Waals surface area contributed by atoms with E-state index in [-0.39, 0.29) is 11.9 Å². The van der Waals surface area contributed by atoms with Gasteiger partial charge in [-0.05, 0) is 57.8 Å². The van der Waals surface area contributed by atoms with Crippen molar-refractivity contribution >= 4 is 11.6 Å². The summed E-state index contributed by atoms with van der Waals surface area (Å²) in [4.78, 5) is 17.9. The molecule has 0 aromatic heterocycles. The molecule has 0 radical (unpaired) electrons. The van der Waals surface area contributed by atoms with Crippen molar-refractivity contribution in [3.05, 3.63) is 29.8 Å². The van der Waals surface area contributed by atoms with Gasteiger partial charge in [-0.1, -0.05) is 37.0 Å². The molecule has 0 spiro atoms. The first-order valence-corrected chi connectivity index (χ1v) is 10.6. The number of anilines is 1. The lowest BCUT2D eigenvalue weighted by Gasteiger charge is -2.40. The predicted molar refractivity (Wildman–Crippen MR) is 108 cm³/mol. The van der Waals surface area contributed by atoms with E-state index in [1.807, 2.05) is 4.90 Å². The number of hydrogen-bond acceptors (Lipinski definition) is 4. The third kappa shape index (κ3) is 3.85. The molecule has 3 aliphatic rings. The molecule has 2 aliphatic heterocycles. The largest absolute Gasteiger partial charge is 0.390 e. The normalized spacial score (nSPS) is 28.4. The van der Waals surface area contributed by atoms with Crippen LogP contribution in [-0.2, 0) is 4.79 Å². The van der Waals surface area contributed by atoms with E-state index in [2.05, 4.69) is 41.4 Å². The third-order valence-corrected chi connectivity index (χ3v) is 6.71. The number of nitrogens with one attached hydrogen (secondary N) is 1. The highest BCUT2D eigenvalue weighted by molar-refractivity contribution is 5.90. The summed E-state index contributed by atoms with van der Waals surface area (Å²) in [6.07, 6.45) is 7.09. The minimum absolute atomic E-state index is 0.108. The summed E-state index contributed by atoms with van der Waals surface area (Å²) in [5.41, 5.74) is 1.72. The summed E-state index contributed by atoms with van der Waals surface area (Å²) >= 11 is 0. The molecule has 2 saturated heterocycles. The van der Waals surface area contributed by atoms with Crippen LogP contribution in [0, 0.1) is 6.92 Å². The first-order chi connectivity index (χ1) is 13.1. The number of carbonyl (C=O) groups is 1. The second-order valence-electron chi connectivity index (χ2n) is 8.72. The van der Waals surface area contributed by atoms with Gasteiger partial charge >= 0.3 is 0 Å².